The van der Waals surface area contributed by atoms with Crippen molar-refractivity contribution in [3.05, 3.63) is 33.4 Å². The Morgan fingerprint density at radius 3 is 2.08 bits per heavy atom. The zero-order chi connectivity index (χ0) is 26.7. The average molecular weight is 642 g/mol. The van der Waals surface area contributed by atoms with E-state index >= 15 is 0 Å². The molecule has 0 radical (unpaired) electrons. The van der Waals surface area contributed by atoms with Gasteiger partial charge in [0.25, 0.3) is 7.82 Å². The van der Waals surface area contributed by atoms with Crippen LogP contribution in [0.1, 0.15) is 69.8 Å². The number of unbranched alkanes of at least 4 members (excludes halogenated alkanes) is 9. The number of phosphoric acid groups is 1. The standard InChI is InChI=1S/C27H49INO6P/c1-29(2,3)19-21-34-36(30,31)35-24-27(32-4)23-33-20-14-12-10-8-6-5-7-9-11-13-16-25-17-15-18-26(28)22-25/h15,17-18,22,27H,5-14,16,19-21,23-24H2,1-4H3/t27-/m0/s1. The predicted octanol–water partition coefficient (Wildman–Crippen LogP) is 5.97. The van der Waals surface area contributed by atoms with E-state index in [0.29, 0.717) is 24.2 Å². The maximum absolute atomic E-state index is 11.9. The molecule has 0 amide bonds. The van der Waals surface area contributed by atoms with Crippen LogP contribution in [0.2, 0.25) is 0 Å². The summed E-state index contributed by atoms with van der Waals surface area (Å²) in [5.74, 6) is 0. The van der Waals surface area contributed by atoms with E-state index in [0.717, 1.165) is 12.8 Å². The van der Waals surface area contributed by atoms with Gasteiger partial charge in [-0.3, -0.25) is 4.57 Å². The Morgan fingerprint density at radius 2 is 1.50 bits per heavy atom. The minimum absolute atomic E-state index is 0.0900. The van der Waals surface area contributed by atoms with Crippen molar-refractivity contribution in [2.75, 3.05) is 61.2 Å². The molecule has 7 nitrogen and oxygen atoms in total. The molecule has 0 spiro atoms. The van der Waals surface area contributed by atoms with Crippen LogP contribution in [0.25, 0.3) is 0 Å². The number of methoxy groups -OCH3 is 1. The van der Waals surface area contributed by atoms with Crippen molar-refractivity contribution >= 4 is 30.4 Å². The molecule has 1 rings (SSSR count). The molecule has 0 fully saturated rings. The topological polar surface area (TPSA) is 77.1 Å². The molecule has 1 unspecified atom stereocenters. The van der Waals surface area contributed by atoms with Gasteiger partial charge in [0.15, 0.2) is 0 Å². The molecule has 36 heavy (non-hydrogen) atoms. The highest BCUT2D eigenvalue weighted by Gasteiger charge is 2.16. The summed E-state index contributed by atoms with van der Waals surface area (Å²) in [5, 5.41) is 0. The monoisotopic (exact) mass is 641 g/mol. The average Bonchev–Trinajstić information content (AvgIpc) is 2.80. The molecule has 0 N–H and O–H groups in total. The number of phosphoric ester groups is 1. The van der Waals surface area contributed by atoms with Crippen LogP contribution in [0, 0.1) is 3.57 Å². The van der Waals surface area contributed by atoms with Gasteiger partial charge < -0.3 is 27.9 Å². The number of rotatable bonds is 23. The summed E-state index contributed by atoms with van der Waals surface area (Å²) in [4.78, 5) is 11.9. The van der Waals surface area contributed by atoms with Crippen LogP contribution in [0.3, 0.4) is 0 Å². The molecular formula is C27H49INO6P. The van der Waals surface area contributed by atoms with Gasteiger partial charge in [0.2, 0.25) is 0 Å². The van der Waals surface area contributed by atoms with Gasteiger partial charge in [-0.1, -0.05) is 63.5 Å². The van der Waals surface area contributed by atoms with Gasteiger partial charge in [-0.2, -0.15) is 0 Å². The van der Waals surface area contributed by atoms with Crippen LogP contribution in [-0.2, 0) is 29.5 Å². The molecule has 0 aliphatic carbocycles. The molecule has 0 aliphatic rings. The lowest BCUT2D eigenvalue weighted by molar-refractivity contribution is -0.870. The summed E-state index contributed by atoms with van der Waals surface area (Å²) < 4.78 is 34.6. The highest BCUT2D eigenvalue weighted by Crippen LogP contribution is 2.38. The second-order valence-corrected chi connectivity index (χ2v) is 13.1. The number of benzene rings is 1. The summed E-state index contributed by atoms with van der Waals surface area (Å²) in [6, 6.07) is 8.81. The van der Waals surface area contributed by atoms with E-state index in [1.807, 2.05) is 21.1 Å². The zero-order valence-corrected chi connectivity index (χ0v) is 26.0. The summed E-state index contributed by atoms with van der Waals surface area (Å²) >= 11 is 2.38. The Labute approximate surface area is 233 Å². The van der Waals surface area contributed by atoms with E-state index in [1.54, 1.807) is 0 Å². The van der Waals surface area contributed by atoms with Crippen molar-refractivity contribution in [3.63, 3.8) is 0 Å². The van der Waals surface area contributed by atoms with Gasteiger partial charge in [-0.05, 0) is 59.5 Å². The highest BCUT2D eigenvalue weighted by atomic mass is 127. The molecule has 2 atom stereocenters. The van der Waals surface area contributed by atoms with Crippen LogP contribution >= 0.6 is 30.4 Å². The first-order chi connectivity index (χ1) is 17.1. The van der Waals surface area contributed by atoms with Gasteiger partial charge in [0.1, 0.15) is 19.3 Å². The Morgan fingerprint density at radius 1 is 0.889 bits per heavy atom. The summed E-state index contributed by atoms with van der Waals surface area (Å²) in [7, 11) is 3.10. The molecule has 0 saturated carbocycles. The maximum atomic E-state index is 11.9. The predicted molar refractivity (Wildman–Crippen MR) is 153 cm³/mol. The first kappa shape index (κ1) is 34.0. The van der Waals surface area contributed by atoms with Crippen molar-refractivity contribution in [2.24, 2.45) is 0 Å². The zero-order valence-electron chi connectivity index (χ0n) is 22.9. The molecule has 9 heteroatoms. The molecule has 0 aromatic heterocycles. The van der Waals surface area contributed by atoms with Crippen molar-refractivity contribution in [2.45, 2.75) is 76.7 Å². The van der Waals surface area contributed by atoms with E-state index in [2.05, 4.69) is 46.9 Å². The van der Waals surface area contributed by atoms with E-state index in [9.17, 15) is 9.46 Å². The number of aryl methyl sites for hydroxylation is 1. The molecule has 1 aromatic carbocycles. The second kappa shape index (κ2) is 19.9. The second-order valence-electron chi connectivity index (χ2n) is 10.4. The smallest absolute Gasteiger partial charge is 0.268 e. The van der Waals surface area contributed by atoms with Crippen LogP contribution in [0.15, 0.2) is 24.3 Å². The maximum Gasteiger partial charge on any atom is 0.268 e. The lowest BCUT2D eigenvalue weighted by atomic mass is 10.0. The van der Waals surface area contributed by atoms with Crippen LogP contribution in [0.5, 0.6) is 0 Å². The molecule has 210 valence electrons. The van der Waals surface area contributed by atoms with Crippen molar-refractivity contribution < 1.29 is 32.5 Å². The van der Waals surface area contributed by atoms with Gasteiger partial charge in [-0.25, -0.2) is 0 Å². The van der Waals surface area contributed by atoms with Gasteiger partial charge >= 0.3 is 0 Å². The summed E-state index contributed by atoms with van der Waals surface area (Å²) in [5.41, 5.74) is 1.46. The number of nitrogens with zero attached hydrogens (tertiary/aromatic N) is 1. The highest BCUT2D eigenvalue weighted by molar-refractivity contribution is 14.1. The normalized spacial score (nSPS) is 14.6. The minimum Gasteiger partial charge on any atom is -0.756 e. The third-order valence-corrected chi connectivity index (χ3v) is 7.60. The molecule has 1 aromatic rings. The number of quaternary nitrogens is 1. The Balaban J connectivity index is 1.92. The summed E-state index contributed by atoms with van der Waals surface area (Å²) in [6.07, 6.45) is 13.4. The van der Waals surface area contributed by atoms with E-state index in [1.165, 1.54) is 74.0 Å². The third kappa shape index (κ3) is 20.0. The molecule has 0 saturated heterocycles. The van der Waals surface area contributed by atoms with Crippen molar-refractivity contribution in [3.8, 4) is 0 Å². The SMILES string of the molecule is CO[C@@H](COCCCCCCCCCCCCc1cccc(I)c1)COP(=O)([O-])OCC[N+](C)(C)C. The fraction of sp³-hybridized carbons (Fsp3) is 0.778. The Kier molecular flexibility index (Phi) is 18.8. The first-order valence-corrected chi connectivity index (χ1v) is 15.9. The minimum atomic E-state index is -4.33. The molecular weight excluding hydrogens is 592 g/mol. The number of ether oxygens (including phenoxy) is 2. The molecule has 0 bridgehead atoms. The Hall–Kier alpha value is -0.0600. The van der Waals surface area contributed by atoms with Crippen molar-refractivity contribution in [1.82, 2.24) is 0 Å². The Bertz CT molecular complexity index is 730. The quantitative estimate of drug-likeness (QED) is 0.0634. The summed E-state index contributed by atoms with van der Waals surface area (Å²) in [6.45, 7) is 1.51. The largest absolute Gasteiger partial charge is 0.756 e. The lowest BCUT2D eigenvalue weighted by Crippen LogP contribution is -2.37. The number of hydrogen-bond acceptors (Lipinski definition) is 6. The van der Waals surface area contributed by atoms with Crippen LogP contribution in [0.4, 0.5) is 0 Å². The van der Waals surface area contributed by atoms with Gasteiger partial charge in [0.05, 0.1) is 34.4 Å². The van der Waals surface area contributed by atoms with E-state index in [4.69, 9.17) is 18.5 Å². The number of likely N-dealkylation sites (N-methyl/N-ethyl adjacent to an activating group) is 1. The van der Waals surface area contributed by atoms with Crippen LogP contribution in [-0.4, -0.2) is 71.8 Å². The van der Waals surface area contributed by atoms with E-state index < -0.39 is 13.9 Å². The lowest BCUT2D eigenvalue weighted by Gasteiger charge is -2.28. The van der Waals surface area contributed by atoms with E-state index in [-0.39, 0.29) is 13.2 Å². The van der Waals surface area contributed by atoms with Crippen molar-refractivity contribution in [1.29, 1.82) is 0 Å². The molecule has 0 aliphatic heterocycles. The molecule has 0 heterocycles. The van der Waals surface area contributed by atoms with Gasteiger partial charge in [0, 0.05) is 17.3 Å². The fourth-order valence-corrected chi connectivity index (χ4v) is 5.01. The first-order valence-electron chi connectivity index (χ1n) is 13.4. The third-order valence-electron chi connectivity index (χ3n) is 5.96. The fourth-order valence-electron chi connectivity index (χ4n) is 3.68. The van der Waals surface area contributed by atoms with Crippen LogP contribution < -0.4 is 4.89 Å². The number of hydrogen-bond donors (Lipinski definition) is 0. The van der Waals surface area contributed by atoms with Gasteiger partial charge in [-0.15, -0.1) is 0 Å². The number of halogens is 1.